The Bertz CT molecular complexity index is 1150. The summed E-state index contributed by atoms with van der Waals surface area (Å²) < 4.78 is 1.92. The Morgan fingerprint density at radius 1 is 1.16 bits per heavy atom. The molecule has 0 saturated carbocycles. The van der Waals surface area contributed by atoms with Crippen molar-refractivity contribution in [2.75, 3.05) is 18.4 Å². The maximum atomic E-state index is 13.3. The van der Waals surface area contributed by atoms with E-state index in [0.717, 1.165) is 55.3 Å². The Labute approximate surface area is 149 Å². The van der Waals surface area contributed by atoms with E-state index in [2.05, 4.69) is 10.3 Å². The molecular formula is C20H19N3OS. The van der Waals surface area contributed by atoms with Crippen molar-refractivity contribution in [1.82, 2.24) is 4.98 Å². The normalized spacial score (nSPS) is 11.4. The topological polar surface area (TPSA) is 68.0 Å². The van der Waals surface area contributed by atoms with Crippen molar-refractivity contribution < 1.29 is 0 Å². The Balaban J connectivity index is 2.09. The number of nitrogens with two attached hydrogens (primary N) is 1. The van der Waals surface area contributed by atoms with E-state index >= 15 is 0 Å². The molecule has 3 N–H and O–H groups in total. The van der Waals surface area contributed by atoms with E-state index in [0.29, 0.717) is 6.54 Å². The van der Waals surface area contributed by atoms with E-state index < -0.39 is 0 Å². The third kappa shape index (κ3) is 2.75. The van der Waals surface area contributed by atoms with Crippen LogP contribution in [0, 0.1) is 6.92 Å². The maximum Gasteiger partial charge on any atom is 0.196 e. The highest BCUT2D eigenvalue weighted by molar-refractivity contribution is 7.24. The van der Waals surface area contributed by atoms with Crippen LogP contribution < -0.4 is 16.5 Å². The van der Waals surface area contributed by atoms with Gasteiger partial charge in [0.1, 0.15) is 0 Å². The van der Waals surface area contributed by atoms with Crippen molar-refractivity contribution in [3.8, 4) is 0 Å². The minimum Gasteiger partial charge on any atom is -0.384 e. The van der Waals surface area contributed by atoms with Gasteiger partial charge in [0.2, 0.25) is 0 Å². The van der Waals surface area contributed by atoms with E-state index in [9.17, 15) is 4.79 Å². The van der Waals surface area contributed by atoms with E-state index in [-0.39, 0.29) is 5.43 Å². The fourth-order valence-corrected chi connectivity index (χ4v) is 4.20. The first-order chi connectivity index (χ1) is 12.2. The summed E-state index contributed by atoms with van der Waals surface area (Å²) in [6.07, 6.45) is 2.69. The van der Waals surface area contributed by atoms with Gasteiger partial charge in [-0.15, -0.1) is 11.3 Å². The van der Waals surface area contributed by atoms with Crippen molar-refractivity contribution >= 4 is 48.1 Å². The molecular weight excluding hydrogens is 330 g/mol. The van der Waals surface area contributed by atoms with Crippen LogP contribution >= 0.6 is 11.3 Å². The first-order valence-corrected chi connectivity index (χ1v) is 9.19. The molecule has 4 nitrogen and oxygen atoms in total. The third-order valence-corrected chi connectivity index (χ3v) is 5.49. The number of fused-ring (bicyclic) bond motifs is 4. The SMILES string of the molecule is Cc1ccc2sc3cnc4cccc(NCCCN)c4c3c(=O)c2c1. The molecule has 0 aliphatic rings. The molecule has 0 radical (unpaired) electrons. The number of aryl methyl sites for hydroxylation is 1. The monoisotopic (exact) mass is 349 g/mol. The van der Waals surface area contributed by atoms with Gasteiger partial charge in [0, 0.05) is 33.9 Å². The molecule has 2 aromatic carbocycles. The minimum absolute atomic E-state index is 0.0768. The van der Waals surface area contributed by atoms with Crippen LogP contribution in [0.5, 0.6) is 0 Å². The lowest BCUT2D eigenvalue weighted by molar-refractivity contribution is 0.875. The van der Waals surface area contributed by atoms with Crippen LogP contribution in [0.15, 0.2) is 47.4 Å². The summed E-state index contributed by atoms with van der Waals surface area (Å²) in [4.78, 5) is 17.8. The molecule has 0 saturated heterocycles. The first-order valence-electron chi connectivity index (χ1n) is 8.38. The van der Waals surface area contributed by atoms with Crippen LogP contribution in [0.4, 0.5) is 5.69 Å². The maximum absolute atomic E-state index is 13.3. The zero-order valence-electron chi connectivity index (χ0n) is 14.0. The summed E-state index contributed by atoms with van der Waals surface area (Å²) in [5.74, 6) is 0. The van der Waals surface area contributed by atoms with Crippen LogP contribution in [-0.2, 0) is 0 Å². The molecule has 0 atom stereocenters. The molecule has 0 bridgehead atoms. The standard InChI is InChI=1S/C20H19N3OS/c1-12-6-7-16-13(10-12)20(24)19-17(25-16)11-23-15-5-2-4-14(18(15)19)22-9-3-8-21/h2,4-7,10-11,22H,3,8-9,21H2,1H3. The van der Waals surface area contributed by atoms with Gasteiger partial charge in [-0.1, -0.05) is 17.7 Å². The van der Waals surface area contributed by atoms with Gasteiger partial charge >= 0.3 is 0 Å². The van der Waals surface area contributed by atoms with Gasteiger partial charge in [-0.3, -0.25) is 9.78 Å². The van der Waals surface area contributed by atoms with Gasteiger partial charge in [-0.2, -0.15) is 0 Å². The van der Waals surface area contributed by atoms with Crippen molar-refractivity contribution in [3.05, 3.63) is 58.4 Å². The average Bonchev–Trinajstić information content (AvgIpc) is 2.62. The summed E-state index contributed by atoms with van der Waals surface area (Å²) >= 11 is 1.62. The quantitative estimate of drug-likeness (QED) is 0.332. The highest BCUT2D eigenvalue weighted by Gasteiger charge is 2.13. The summed E-state index contributed by atoms with van der Waals surface area (Å²) in [5.41, 5.74) is 8.55. The van der Waals surface area contributed by atoms with Crippen LogP contribution in [0.25, 0.3) is 31.1 Å². The number of hydrogen-bond donors (Lipinski definition) is 2. The molecule has 126 valence electrons. The molecule has 0 aliphatic carbocycles. The molecule has 0 aliphatic heterocycles. The van der Waals surface area contributed by atoms with Crippen molar-refractivity contribution in [2.45, 2.75) is 13.3 Å². The number of hydrogen-bond acceptors (Lipinski definition) is 5. The highest BCUT2D eigenvalue weighted by Crippen LogP contribution is 2.32. The molecule has 0 spiro atoms. The van der Waals surface area contributed by atoms with Crippen LogP contribution in [0.1, 0.15) is 12.0 Å². The van der Waals surface area contributed by atoms with Crippen LogP contribution in [0.2, 0.25) is 0 Å². The molecule has 4 aromatic rings. The highest BCUT2D eigenvalue weighted by atomic mass is 32.1. The van der Waals surface area contributed by atoms with Gasteiger partial charge in [-0.25, -0.2) is 0 Å². The van der Waals surface area contributed by atoms with Crippen molar-refractivity contribution in [2.24, 2.45) is 5.73 Å². The van der Waals surface area contributed by atoms with E-state index in [1.54, 1.807) is 11.3 Å². The fourth-order valence-electron chi connectivity index (χ4n) is 3.17. The van der Waals surface area contributed by atoms with Crippen molar-refractivity contribution in [3.63, 3.8) is 0 Å². The molecule has 0 amide bonds. The second-order valence-electron chi connectivity index (χ2n) is 6.20. The molecule has 4 rings (SSSR count). The summed E-state index contributed by atoms with van der Waals surface area (Å²) in [5, 5.41) is 5.85. The lowest BCUT2D eigenvalue weighted by atomic mass is 10.1. The van der Waals surface area contributed by atoms with Crippen molar-refractivity contribution in [1.29, 1.82) is 0 Å². The van der Waals surface area contributed by atoms with E-state index in [4.69, 9.17) is 5.73 Å². The number of anilines is 1. The molecule has 25 heavy (non-hydrogen) atoms. The molecule has 2 heterocycles. The summed E-state index contributed by atoms with van der Waals surface area (Å²) in [6, 6.07) is 12.0. The lowest BCUT2D eigenvalue weighted by Gasteiger charge is -2.11. The van der Waals surface area contributed by atoms with E-state index in [1.807, 2.05) is 49.5 Å². The zero-order valence-corrected chi connectivity index (χ0v) is 14.8. The second-order valence-corrected chi connectivity index (χ2v) is 7.28. The first kappa shape index (κ1) is 16.0. The largest absolute Gasteiger partial charge is 0.384 e. The number of rotatable bonds is 4. The molecule has 0 fully saturated rings. The van der Waals surface area contributed by atoms with Gasteiger partial charge in [0.25, 0.3) is 0 Å². The number of pyridine rings is 1. The summed E-state index contributed by atoms with van der Waals surface area (Å²) in [6.45, 7) is 3.42. The third-order valence-electron chi connectivity index (χ3n) is 4.38. The van der Waals surface area contributed by atoms with Crippen LogP contribution in [0.3, 0.4) is 0 Å². The number of nitrogens with zero attached hydrogens (tertiary/aromatic N) is 1. The van der Waals surface area contributed by atoms with E-state index in [1.165, 1.54) is 0 Å². The lowest BCUT2D eigenvalue weighted by Crippen LogP contribution is -2.09. The smallest absolute Gasteiger partial charge is 0.196 e. The number of nitrogens with one attached hydrogen (secondary N) is 1. The molecule has 0 unspecified atom stereocenters. The summed E-state index contributed by atoms with van der Waals surface area (Å²) in [7, 11) is 0. The Kier molecular flexibility index (Phi) is 4.11. The Hall–Kier alpha value is -2.50. The molecule has 2 aromatic heterocycles. The van der Waals surface area contributed by atoms with Gasteiger partial charge < -0.3 is 11.1 Å². The van der Waals surface area contributed by atoms with Gasteiger partial charge in [0.05, 0.1) is 15.6 Å². The predicted octanol–water partition coefficient (Wildman–Crippen LogP) is 4.03. The minimum atomic E-state index is 0.0768. The van der Waals surface area contributed by atoms with Gasteiger partial charge in [0.15, 0.2) is 5.43 Å². The van der Waals surface area contributed by atoms with Crippen LogP contribution in [-0.4, -0.2) is 18.1 Å². The fraction of sp³-hybridized carbons (Fsp3) is 0.200. The average molecular weight is 349 g/mol. The molecule has 5 heteroatoms. The Morgan fingerprint density at radius 3 is 2.88 bits per heavy atom. The predicted molar refractivity (Wildman–Crippen MR) is 108 cm³/mol. The second kappa shape index (κ2) is 6.43. The Morgan fingerprint density at radius 2 is 2.04 bits per heavy atom. The van der Waals surface area contributed by atoms with Gasteiger partial charge in [-0.05, 0) is 44.2 Å². The number of benzene rings is 2. The zero-order chi connectivity index (χ0) is 17.4. The number of aromatic nitrogens is 1.